The van der Waals surface area contributed by atoms with E-state index < -0.39 is 0 Å². The van der Waals surface area contributed by atoms with Crippen molar-refractivity contribution < 1.29 is 4.74 Å². The largest absolute Gasteiger partial charge is 0.487 e. The smallest absolute Gasteiger partial charge is 0.138 e. The summed E-state index contributed by atoms with van der Waals surface area (Å²) >= 11 is 11.9. The molecule has 0 aliphatic rings. The van der Waals surface area contributed by atoms with Gasteiger partial charge in [0.05, 0.1) is 5.02 Å². The van der Waals surface area contributed by atoms with Crippen molar-refractivity contribution in [2.24, 2.45) is 0 Å². The van der Waals surface area contributed by atoms with Gasteiger partial charge < -0.3 is 10.1 Å². The quantitative estimate of drug-likeness (QED) is 0.816. The van der Waals surface area contributed by atoms with Crippen LogP contribution in [-0.2, 0) is 6.61 Å². The van der Waals surface area contributed by atoms with E-state index in [0.717, 1.165) is 12.1 Å². The van der Waals surface area contributed by atoms with Gasteiger partial charge in [0.15, 0.2) is 0 Å². The monoisotopic (exact) mass is 323 g/mol. The van der Waals surface area contributed by atoms with Crippen LogP contribution in [0.5, 0.6) is 5.75 Å². The molecule has 0 aromatic heterocycles. The predicted octanol–water partition coefficient (Wildman–Crippen LogP) is 4.90. The van der Waals surface area contributed by atoms with Crippen LogP contribution in [0.2, 0.25) is 10.0 Å². The van der Waals surface area contributed by atoms with E-state index in [9.17, 15) is 0 Å². The van der Waals surface area contributed by atoms with Gasteiger partial charge in [0.25, 0.3) is 0 Å². The van der Waals surface area contributed by atoms with Crippen molar-refractivity contribution in [2.75, 3.05) is 13.6 Å². The molecule has 1 unspecified atom stereocenters. The van der Waals surface area contributed by atoms with E-state index in [1.165, 1.54) is 5.56 Å². The zero-order valence-corrected chi connectivity index (χ0v) is 13.7. The van der Waals surface area contributed by atoms with E-state index in [1.807, 2.05) is 7.05 Å². The van der Waals surface area contributed by atoms with Gasteiger partial charge in [-0.1, -0.05) is 54.4 Å². The maximum atomic E-state index is 6.08. The lowest BCUT2D eigenvalue weighted by molar-refractivity contribution is 0.306. The van der Waals surface area contributed by atoms with E-state index in [4.69, 9.17) is 27.9 Å². The summed E-state index contributed by atoms with van der Waals surface area (Å²) in [6, 6.07) is 13.7. The number of likely N-dealkylation sites (N-methyl/N-ethyl adjacent to an activating group) is 1. The fourth-order valence-electron chi connectivity index (χ4n) is 2.12. The molecule has 21 heavy (non-hydrogen) atoms. The summed E-state index contributed by atoms with van der Waals surface area (Å²) < 4.78 is 5.72. The van der Waals surface area contributed by atoms with E-state index in [1.54, 1.807) is 18.2 Å². The van der Waals surface area contributed by atoms with Crippen LogP contribution in [0.1, 0.15) is 24.0 Å². The molecule has 0 spiro atoms. The molecule has 0 radical (unpaired) electrons. The maximum Gasteiger partial charge on any atom is 0.138 e. The van der Waals surface area contributed by atoms with Crippen LogP contribution in [0.4, 0.5) is 0 Å². The second kappa shape index (κ2) is 7.69. The van der Waals surface area contributed by atoms with Crippen LogP contribution in [0.3, 0.4) is 0 Å². The summed E-state index contributed by atoms with van der Waals surface area (Å²) in [4.78, 5) is 0. The first-order chi connectivity index (χ1) is 10.1. The second-order valence-corrected chi connectivity index (χ2v) is 5.91. The number of ether oxygens (including phenoxy) is 1. The van der Waals surface area contributed by atoms with Gasteiger partial charge in [0.1, 0.15) is 12.4 Å². The van der Waals surface area contributed by atoms with Crippen LogP contribution in [-0.4, -0.2) is 13.6 Å². The number of rotatable bonds is 6. The second-order valence-electron chi connectivity index (χ2n) is 5.06. The van der Waals surface area contributed by atoms with E-state index in [0.29, 0.717) is 28.3 Å². The molecular weight excluding hydrogens is 305 g/mol. The minimum atomic E-state index is 0.488. The van der Waals surface area contributed by atoms with Gasteiger partial charge in [-0.2, -0.15) is 0 Å². The SMILES string of the molecule is CNCC(C)c1ccc(COc2ccc(Cl)cc2Cl)cc1. The summed E-state index contributed by atoms with van der Waals surface area (Å²) in [5, 5.41) is 4.32. The Hall–Kier alpha value is -1.22. The lowest BCUT2D eigenvalue weighted by Gasteiger charge is -2.12. The molecule has 4 heteroatoms. The zero-order chi connectivity index (χ0) is 15.2. The highest BCUT2D eigenvalue weighted by molar-refractivity contribution is 6.35. The molecule has 0 aliphatic carbocycles. The lowest BCUT2D eigenvalue weighted by atomic mass is 10.00. The number of hydrogen-bond donors (Lipinski definition) is 1. The predicted molar refractivity (Wildman–Crippen MR) is 89.6 cm³/mol. The summed E-state index contributed by atoms with van der Waals surface area (Å²) in [7, 11) is 1.97. The van der Waals surface area contributed by atoms with Gasteiger partial charge >= 0.3 is 0 Å². The van der Waals surface area contributed by atoms with E-state index in [2.05, 4.69) is 36.5 Å². The van der Waals surface area contributed by atoms with Crippen molar-refractivity contribution in [3.8, 4) is 5.75 Å². The highest BCUT2D eigenvalue weighted by Gasteiger charge is 2.05. The van der Waals surface area contributed by atoms with Crippen LogP contribution < -0.4 is 10.1 Å². The third kappa shape index (κ3) is 4.63. The first-order valence-corrected chi connectivity index (χ1v) is 7.67. The van der Waals surface area contributed by atoms with Crippen LogP contribution in [0, 0.1) is 0 Å². The molecule has 0 amide bonds. The summed E-state index contributed by atoms with van der Waals surface area (Å²) in [6.07, 6.45) is 0. The Kier molecular flexibility index (Phi) is 5.92. The average molecular weight is 324 g/mol. The highest BCUT2D eigenvalue weighted by atomic mass is 35.5. The Morgan fingerprint density at radius 2 is 1.81 bits per heavy atom. The number of nitrogens with one attached hydrogen (secondary N) is 1. The Bertz CT molecular complexity index is 584. The van der Waals surface area contributed by atoms with Crippen LogP contribution in [0.15, 0.2) is 42.5 Å². The molecule has 2 rings (SSSR count). The molecule has 1 N–H and O–H groups in total. The molecule has 0 saturated carbocycles. The Labute approximate surface area is 136 Å². The fraction of sp³-hybridized carbons (Fsp3) is 0.294. The van der Waals surface area contributed by atoms with Gasteiger partial charge in [0, 0.05) is 11.6 Å². The van der Waals surface area contributed by atoms with Crippen molar-refractivity contribution >= 4 is 23.2 Å². The Morgan fingerprint density at radius 3 is 2.43 bits per heavy atom. The van der Waals surface area contributed by atoms with Crippen molar-refractivity contribution in [1.29, 1.82) is 0 Å². The maximum absolute atomic E-state index is 6.08. The summed E-state index contributed by atoms with van der Waals surface area (Å²) in [5.74, 6) is 1.14. The average Bonchev–Trinajstić information content (AvgIpc) is 2.47. The molecule has 0 heterocycles. The molecule has 2 aromatic rings. The van der Waals surface area contributed by atoms with Gasteiger partial charge in [-0.05, 0) is 42.3 Å². The summed E-state index contributed by atoms with van der Waals surface area (Å²) in [5.41, 5.74) is 2.43. The van der Waals surface area contributed by atoms with Crippen molar-refractivity contribution in [3.63, 3.8) is 0 Å². The molecule has 112 valence electrons. The minimum absolute atomic E-state index is 0.488. The lowest BCUT2D eigenvalue weighted by Crippen LogP contribution is -2.14. The molecule has 2 nitrogen and oxygen atoms in total. The highest BCUT2D eigenvalue weighted by Crippen LogP contribution is 2.28. The van der Waals surface area contributed by atoms with Gasteiger partial charge in [-0.15, -0.1) is 0 Å². The van der Waals surface area contributed by atoms with Gasteiger partial charge in [-0.25, -0.2) is 0 Å². The van der Waals surface area contributed by atoms with Crippen LogP contribution >= 0.6 is 23.2 Å². The van der Waals surface area contributed by atoms with Gasteiger partial charge in [0.2, 0.25) is 0 Å². The molecule has 0 fully saturated rings. The molecule has 0 saturated heterocycles. The van der Waals surface area contributed by atoms with Crippen LogP contribution in [0.25, 0.3) is 0 Å². The van der Waals surface area contributed by atoms with E-state index in [-0.39, 0.29) is 0 Å². The van der Waals surface area contributed by atoms with Gasteiger partial charge in [-0.3, -0.25) is 0 Å². The van der Waals surface area contributed by atoms with Crippen molar-refractivity contribution in [3.05, 3.63) is 63.6 Å². The first kappa shape index (κ1) is 16.2. The van der Waals surface area contributed by atoms with Crippen molar-refractivity contribution in [2.45, 2.75) is 19.4 Å². The first-order valence-electron chi connectivity index (χ1n) is 6.91. The standard InChI is InChI=1S/C17H19Cl2NO/c1-12(10-20-2)14-5-3-13(4-6-14)11-21-17-8-7-15(18)9-16(17)19/h3-9,12,20H,10-11H2,1-2H3. The molecule has 0 bridgehead atoms. The normalized spacial score (nSPS) is 12.2. The minimum Gasteiger partial charge on any atom is -0.487 e. The van der Waals surface area contributed by atoms with E-state index >= 15 is 0 Å². The third-order valence-corrected chi connectivity index (χ3v) is 3.88. The van der Waals surface area contributed by atoms with Crippen molar-refractivity contribution in [1.82, 2.24) is 5.32 Å². The fourth-order valence-corrected chi connectivity index (χ4v) is 2.58. The summed E-state index contributed by atoms with van der Waals surface area (Å²) in [6.45, 7) is 3.66. The topological polar surface area (TPSA) is 21.3 Å². The zero-order valence-electron chi connectivity index (χ0n) is 12.2. The molecule has 1 atom stereocenters. The Balaban J connectivity index is 1.97. The number of benzene rings is 2. The third-order valence-electron chi connectivity index (χ3n) is 3.35. The number of hydrogen-bond acceptors (Lipinski definition) is 2. The molecule has 2 aromatic carbocycles. The molecular formula is C17H19Cl2NO. The number of halogens is 2. The Morgan fingerprint density at radius 1 is 1.10 bits per heavy atom. The molecule has 0 aliphatic heterocycles.